The van der Waals surface area contributed by atoms with Gasteiger partial charge in [-0.15, -0.1) is 0 Å². The monoisotopic (exact) mass is 368 g/mol. The number of hydrogen-bond acceptors (Lipinski definition) is 2. The van der Waals surface area contributed by atoms with Crippen LogP contribution >= 0.6 is 0 Å². The maximum absolute atomic E-state index is 11.9. The molecule has 156 valence electrons. The maximum Gasteiger partial charge on any atom is 0.306 e. The van der Waals surface area contributed by atoms with E-state index < -0.39 is 0 Å². The number of carbonyl (C=O) groups excluding carboxylic acids is 1. The van der Waals surface area contributed by atoms with Crippen molar-refractivity contribution in [2.75, 3.05) is 0 Å². The maximum atomic E-state index is 11.9. The minimum atomic E-state index is 0.0139. The molecular weight excluding hydrogens is 320 g/mol. The van der Waals surface area contributed by atoms with Gasteiger partial charge in [-0.3, -0.25) is 4.79 Å². The molecular formula is C24H48O2. The Kier molecular flexibility index (Phi) is 20.4. The van der Waals surface area contributed by atoms with Crippen LogP contribution in [0.4, 0.5) is 0 Å². The van der Waals surface area contributed by atoms with Crippen LogP contribution in [-0.4, -0.2) is 12.1 Å². The summed E-state index contributed by atoms with van der Waals surface area (Å²) in [5.41, 5.74) is 0. The molecule has 0 saturated carbocycles. The van der Waals surface area contributed by atoms with E-state index in [1.54, 1.807) is 0 Å². The topological polar surface area (TPSA) is 26.3 Å². The van der Waals surface area contributed by atoms with Crippen molar-refractivity contribution < 1.29 is 9.53 Å². The Hall–Kier alpha value is -0.530. The molecule has 2 heteroatoms. The van der Waals surface area contributed by atoms with Crippen LogP contribution in [0.15, 0.2) is 0 Å². The standard InChI is InChI=1S/C24H48O2/c1-4-6-8-10-12-14-16-18-20-22-24(25)26-23(3)21-19-17-15-13-11-9-7-5-2/h23H,4-22H2,1-3H3. The van der Waals surface area contributed by atoms with Gasteiger partial charge < -0.3 is 4.74 Å². The second-order valence-corrected chi connectivity index (χ2v) is 8.14. The molecule has 2 nitrogen and oxygen atoms in total. The summed E-state index contributed by atoms with van der Waals surface area (Å²) < 4.78 is 5.54. The lowest BCUT2D eigenvalue weighted by Gasteiger charge is -2.13. The Labute approximate surface area is 164 Å². The van der Waals surface area contributed by atoms with Crippen LogP contribution in [0.2, 0.25) is 0 Å². The van der Waals surface area contributed by atoms with Crippen molar-refractivity contribution in [1.29, 1.82) is 0 Å². The number of carbonyl (C=O) groups is 1. The molecule has 0 radical (unpaired) electrons. The molecule has 0 aliphatic carbocycles. The summed E-state index contributed by atoms with van der Waals surface area (Å²) in [7, 11) is 0. The SMILES string of the molecule is CCCCCCCCCCCC(=O)OC(C)CCCCCCCCCC. The van der Waals surface area contributed by atoms with Crippen LogP contribution in [0.3, 0.4) is 0 Å². The van der Waals surface area contributed by atoms with Gasteiger partial charge in [0.1, 0.15) is 0 Å². The van der Waals surface area contributed by atoms with Crippen LogP contribution in [0.5, 0.6) is 0 Å². The van der Waals surface area contributed by atoms with E-state index in [-0.39, 0.29) is 12.1 Å². The Balaban J connectivity index is 3.32. The lowest BCUT2D eigenvalue weighted by molar-refractivity contribution is -0.148. The molecule has 0 aromatic rings. The molecule has 0 amide bonds. The minimum Gasteiger partial charge on any atom is -0.463 e. The summed E-state index contributed by atoms with van der Waals surface area (Å²) in [5, 5.41) is 0. The van der Waals surface area contributed by atoms with Crippen LogP contribution in [0.1, 0.15) is 143 Å². The van der Waals surface area contributed by atoms with Crippen molar-refractivity contribution in [1.82, 2.24) is 0 Å². The van der Waals surface area contributed by atoms with E-state index in [0.717, 1.165) is 12.8 Å². The van der Waals surface area contributed by atoms with E-state index in [9.17, 15) is 4.79 Å². The van der Waals surface area contributed by atoms with Crippen molar-refractivity contribution >= 4 is 5.97 Å². The van der Waals surface area contributed by atoms with E-state index in [0.29, 0.717) is 6.42 Å². The van der Waals surface area contributed by atoms with Gasteiger partial charge in [0.2, 0.25) is 0 Å². The first-order valence-corrected chi connectivity index (χ1v) is 11.9. The van der Waals surface area contributed by atoms with E-state index in [1.807, 2.05) is 0 Å². The summed E-state index contributed by atoms with van der Waals surface area (Å²) in [5.74, 6) is 0.0139. The fourth-order valence-electron chi connectivity index (χ4n) is 3.49. The summed E-state index contributed by atoms with van der Waals surface area (Å²) in [6.07, 6.45) is 24.0. The lowest BCUT2D eigenvalue weighted by Crippen LogP contribution is -2.14. The van der Waals surface area contributed by atoms with Gasteiger partial charge in [0.25, 0.3) is 0 Å². The summed E-state index contributed by atoms with van der Waals surface area (Å²) in [4.78, 5) is 11.9. The molecule has 0 aromatic carbocycles. The van der Waals surface area contributed by atoms with Gasteiger partial charge in [0.05, 0.1) is 6.10 Å². The third-order valence-corrected chi connectivity index (χ3v) is 5.28. The lowest BCUT2D eigenvalue weighted by atomic mass is 10.1. The van der Waals surface area contributed by atoms with E-state index >= 15 is 0 Å². The smallest absolute Gasteiger partial charge is 0.306 e. The van der Waals surface area contributed by atoms with E-state index in [1.165, 1.54) is 103 Å². The van der Waals surface area contributed by atoms with Crippen molar-refractivity contribution in [3.05, 3.63) is 0 Å². The molecule has 0 bridgehead atoms. The van der Waals surface area contributed by atoms with Crippen LogP contribution in [0, 0.1) is 0 Å². The highest BCUT2D eigenvalue weighted by atomic mass is 16.5. The zero-order valence-electron chi connectivity index (χ0n) is 18.3. The molecule has 0 heterocycles. The first-order chi connectivity index (χ1) is 12.7. The average molecular weight is 369 g/mol. The number of esters is 1. The van der Waals surface area contributed by atoms with Crippen LogP contribution in [-0.2, 0) is 9.53 Å². The highest BCUT2D eigenvalue weighted by molar-refractivity contribution is 5.69. The highest BCUT2D eigenvalue weighted by Crippen LogP contribution is 2.14. The van der Waals surface area contributed by atoms with Crippen molar-refractivity contribution in [3.8, 4) is 0 Å². The van der Waals surface area contributed by atoms with Gasteiger partial charge in [-0.2, -0.15) is 0 Å². The van der Waals surface area contributed by atoms with E-state index in [2.05, 4.69) is 20.8 Å². The molecule has 26 heavy (non-hydrogen) atoms. The molecule has 0 saturated heterocycles. The summed E-state index contributed by atoms with van der Waals surface area (Å²) in [6.45, 7) is 6.57. The predicted molar refractivity (Wildman–Crippen MR) is 115 cm³/mol. The van der Waals surface area contributed by atoms with Gasteiger partial charge >= 0.3 is 5.97 Å². The molecule has 0 N–H and O–H groups in total. The second-order valence-electron chi connectivity index (χ2n) is 8.14. The van der Waals surface area contributed by atoms with Gasteiger partial charge in [0.15, 0.2) is 0 Å². The zero-order valence-corrected chi connectivity index (χ0v) is 18.3. The van der Waals surface area contributed by atoms with E-state index in [4.69, 9.17) is 4.74 Å². The van der Waals surface area contributed by atoms with Crippen molar-refractivity contribution in [3.63, 3.8) is 0 Å². The average Bonchev–Trinajstić information content (AvgIpc) is 2.62. The third kappa shape index (κ3) is 19.8. The molecule has 0 aliphatic heterocycles. The first kappa shape index (κ1) is 25.5. The fourth-order valence-corrected chi connectivity index (χ4v) is 3.49. The number of ether oxygens (including phenoxy) is 1. The van der Waals surface area contributed by atoms with Crippen LogP contribution < -0.4 is 0 Å². The minimum absolute atomic E-state index is 0.0139. The molecule has 0 spiro atoms. The first-order valence-electron chi connectivity index (χ1n) is 11.9. The Bertz CT molecular complexity index is 288. The van der Waals surface area contributed by atoms with Crippen LogP contribution in [0.25, 0.3) is 0 Å². The quantitative estimate of drug-likeness (QED) is 0.159. The zero-order chi connectivity index (χ0) is 19.3. The molecule has 0 rings (SSSR count). The summed E-state index contributed by atoms with van der Waals surface area (Å²) >= 11 is 0. The van der Waals surface area contributed by atoms with Gasteiger partial charge in [-0.05, 0) is 26.2 Å². The highest BCUT2D eigenvalue weighted by Gasteiger charge is 2.09. The fraction of sp³-hybridized carbons (Fsp3) is 0.958. The predicted octanol–water partition coefficient (Wildman–Crippen LogP) is 8.37. The largest absolute Gasteiger partial charge is 0.463 e. The molecule has 0 aliphatic rings. The number of rotatable bonds is 20. The molecule has 0 fully saturated rings. The second kappa shape index (κ2) is 20.8. The molecule has 1 atom stereocenters. The Morgan fingerprint density at radius 1 is 0.615 bits per heavy atom. The summed E-state index contributed by atoms with van der Waals surface area (Å²) in [6, 6.07) is 0. The van der Waals surface area contributed by atoms with Gasteiger partial charge in [-0.1, -0.05) is 110 Å². The molecule has 0 aromatic heterocycles. The van der Waals surface area contributed by atoms with Crippen molar-refractivity contribution in [2.45, 2.75) is 149 Å². The normalized spacial score (nSPS) is 12.3. The van der Waals surface area contributed by atoms with Gasteiger partial charge in [-0.25, -0.2) is 0 Å². The van der Waals surface area contributed by atoms with Crippen molar-refractivity contribution in [2.24, 2.45) is 0 Å². The number of unbranched alkanes of at least 4 members (excludes halogenated alkanes) is 15. The Morgan fingerprint density at radius 3 is 1.46 bits per heavy atom. The van der Waals surface area contributed by atoms with Gasteiger partial charge in [0, 0.05) is 6.42 Å². The number of hydrogen-bond donors (Lipinski definition) is 0. The molecule has 1 unspecified atom stereocenters. The third-order valence-electron chi connectivity index (χ3n) is 5.28. The Morgan fingerprint density at radius 2 is 1.00 bits per heavy atom.